The van der Waals surface area contributed by atoms with Crippen molar-refractivity contribution in [2.45, 2.75) is 26.8 Å². The maximum Gasteiger partial charge on any atom is 0.323 e. The van der Waals surface area contributed by atoms with E-state index in [9.17, 15) is 9.59 Å². The van der Waals surface area contributed by atoms with Gasteiger partial charge in [0.1, 0.15) is 11.1 Å². The van der Waals surface area contributed by atoms with Gasteiger partial charge in [-0.2, -0.15) is 0 Å². The number of fused-ring (bicyclic) bond motifs is 1. The lowest BCUT2D eigenvalue weighted by Crippen LogP contribution is -2.12. The van der Waals surface area contributed by atoms with Crippen LogP contribution in [0.25, 0.3) is 10.9 Å². The molecule has 2 heterocycles. The molecule has 0 unspecified atom stereocenters. The van der Waals surface area contributed by atoms with Crippen molar-refractivity contribution in [2.24, 2.45) is 0 Å². The van der Waals surface area contributed by atoms with Gasteiger partial charge in [-0.15, -0.1) is 0 Å². The number of Topliss-reactive ketones (excluding diaryl/α,β-unsaturated/α-hetero) is 1. The molecule has 6 heteroatoms. The molecule has 19 heavy (non-hydrogen) atoms. The summed E-state index contributed by atoms with van der Waals surface area (Å²) in [7, 11) is 0. The Morgan fingerprint density at radius 1 is 1.47 bits per heavy atom. The van der Waals surface area contributed by atoms with Crippen molar-refractivity contribution < 1.29 is 14.7 Å². The number of halogens is 1. The number of ketones is 1. The summed E-state index contributed by atoms with van der Waals surface area (Å²) in [5.41, 5.74) is 2.00. The van der Waals surface area contributed by atoms with Crippen molar-refractivity contribution in [1.29, 1.82) is 0 Å². The van der Waals surface area contributed by atoms with Gasteiger partial charge in [0.25, 0.3) is 0 Å². The minimum absolute atomic E-state index is 0.0657. The van der Waals surface area contributed by atoms with Crippen LogP contribution in [0.2, 0.25) is 0 Å². The van der Waals surface area contributed by atoms with Crippen LogP contribution in [0.1, 0.15) is 29.9 Å². The van der Waals surface area contributed by atoms with Crippen LogP contribution in [0.5, 0.6) is 0 Å². The van der Waals surface area contributed by atoms with Crippen molar-refractivity contribution in [1.82, 2.24) is 9.55 Å². The van der Waals surface area contributed by atoms with Gasteiger partial charge in [-0.25, -0.2) is 4.98 Å². The molecule has 0 aromatic carbocycles. The van der Waals surface area contributed by atoms with Crippen LogP contribution >= 0.6 is 15.9 Å². The van der Waals surface area contributed by atoms with E-state index in [1.807, 2.05) is 6.92 Å². The van der Waals surface area contributed by atoms with Gasteiger partial charge >= 0.3 is 5.97 Å². The molecular formula is C13H13BrN2O3. The quantitative estimate of drug-likeness (QED) is 0.693. The van der Waals surface area contributed by atoms with Crippen molar-refractivity contribution >= 4 is 38.6 Å². The summed E-state index contributed by atoms with van der Waals surface area (Å²) in [5.74, 6) is -1.01. The lowest BCUT2D eigenvalue weighted by Gasteiger charge is -2.06. The van der Waals surface area contributed by atoms with Crippen LogP contribution in [-0.4, -0.2) is 26.4 Å². The fourth-order valence-electron chi connectivity index (χ4n) is 2.35. The van der Waals surface area contributed by atoms with Crippen molar-refractivity contribution in [2.75, 3.05) is 0 Å². The summed E-state index contributed by atoms with van der Waals surface area (Å²) in [6.45, 7) is 3.23. The Balaban J connectivity index is 2.85. The zero-order valence-electron chi connectivity index (χ0n) is 10.6. The van der Waals surface area contributed by atoms with Gasteiger partial charge < -0.3 is 9.67 Å². The van der Waals surface area contributed by atoms with Gasteiger partial charge in [0, 0.05) is 16.6 Å². The van der Waals surface area contributed by atoms with Crippen LogP contribution in [0, 0.1) is 0 Å². The molecule has 1 N–H and O–H groups in total. The molecule has 100 valence electrons. The summed E-state index contributed by atoms with van der Waals surface area (Å²) < 4.78 is 2.27. The zero-order chi connectivity index (χ0) is 14.2. The highest BCUT2D eigenvalue weighted by Crippen LogP contribution is 2.28. The van der Waals surface area contributed by atoms with Gasteiger partial charge in [-0.05, 0) is 35.3 Å². The van der Waals surface area contributed by atoms with E-state index in [0.717, 1.165) is 11.1 Å². The summed E-state index contributed by atoms with van der Waals surface area (Å²) in [5, 5.41) is 9.76. The van der Waals surface area contributed by atoms with Crippen LogP contribution in [0.4, 0.5) is 0 Å². The highest BCUT2D eigenvalue weighted by molar-refractivity contribution is 9.10. The zero-order valence-corrected chi connectivity index (χ0v) is 12.2. The molecule has 0 spiro atoms. The molecule has 0 aliphatic heterocycles. The second-order valence-corrected chi connectivity index (χ2v) is 5.05. The molecule has 0 atom stereocenters. The molecule has 0 saturated heterocycles. The fourth-order valence-corrected chi connectivity index (χ4v) is 2.68. The number of aliphatic carboxylic acids is 1. The molecule has 0 aliphatic rings. The molecule has 0 radical (unpaired) electrons. The van der Waals surface area contributed by atoms with Crippen molar-refractivity contribution in [3.05, 3.63) is 28.1 Å². The van der Waals surface area contributed by atoms with E-state index in [0.29, 0.717) is 22.1 Å². The normalized spacial score (nSPS) is 10.9. The number of pyridine rings is 1. The van der Waals surface area contributed by atoms with E-state index in [2.05, 4.69) is 20.9 Å². The Bertz CT molecular complexity index is 676. The number of carbonyl (C=O) groups excluding carboxylic acids is 1. The largest absolute Gasteiger partial charge is 0.480 e. The van der Waals surface area contributed by atoms with Crippen LogP contribution in [-0.2, 0) is 17.8 Å². The average Bonchev–Trinajstić information content (AvgIpc) is 2.61. The number of hydrogen-bond donors (Lipinski definition) is 1. The predicted octanol–water partition coefficient (Wildman–Crippen LogP) is 2.65. The number of carbonyl (C=O) groups is 2. The highest BCUT2D eigenvalue weighted by Gasteiger charge is 2.20. The van der Waals surface area contributed by atoms with E-state index >= 15 is 0 Å². The third-order valence-corrected chi connectivity index (χ3v) is 3.44. The topological polar surface area (TPSA) is 72.2 Å². The summed E-state index contributed by atoms with van der Waals surface area (Å²) in [4.78, 5) is 27.0. The van der Waals surface area contributed by atoms with E-state index < -0.39 is 5.97 Å². The standard InChI is InChI=1S/C13H13BrN2O3/c1-3-9-13(7(2)17)8-4-11(14)15-5-10(8)16(9)6-12(18)19/h4-5H,3,6H2,1-2H3,(H,18,19). The lowest BCUT2D eigenvalue weighted by molar-refractivity contribution is -0.137. The van der Waals surface area contributed by atoms with Gasteiger partial charge in [0.05, 0.1) is 11.7 Å². The average molecular weight is 325 g/mol. The van der Waals surface area contributed by atoms with Crippen molar-refractivity contribution in [3.8, 4) is 0 Å². The molecule has 0 amide bonds. The van der Waals surface area contributed by atoms with Gasteiger partial charge in [0.2, 0.25) is 0 Å². The SMILES string of the molecule is CCc1c(C(C)=O)c2cc(Br)ncc2n1CC(=O)O. The first kappa shape index (κ1) is 13.7. The molecule has 0 fully saturated rings. The molecule has 2 rings (SSSR count). The number of aromatic nitrogens is 2. The Morgan fingerprint density at radius 3 is 2.68 bits per heavy atom. The maximum atomic E-state index is 11.9. The van der Waals surface area contributed by atoms with Crippen LogP contribution in [0.15, 0.2) is 16.9 Å². The summed E-state index contributed by atoms with van der Waals surface area (Å²) in [6.07, 6.45) is 2.18. The Kier molecular flexibility index (Phi) is 3.71. The monoisotopic (exact) mass is 324 g/mol. The molecule has 2 aromatic heterocycles. The summed E-state index contributed by atoms with van der Waals surface area (Å²) in [6, 6.07) is 1.75. The molecule has 0 aliphatic carbocycles. The van der Waals surface area contributed by atoms with E-state index in [1.165, 1.54) is 6.92 Å². The van der Waals surface area contributed by atoms with E-state index in [4.69, 9.17) is 5.11 Å². The van der Waals surface area contributed by atoms with E-state index in [1.54, 1.807) is 16.8 Å². The number of nitrogens with zero attached hydrogens (tertiary/aromatic N) is 2. The highest BCUT2D eigenvalue weighted by atomic mass is 79.9. The lowest BCUT2D eigenvalue weighted by atomic mass is 10.1. The number of carboxylic acids is 1. The Hall–Kier alpha value is -1.69. The first-order valence-corrected chi connectivity index (χ1v) is 6.64. The van der Waals surface area contributed by atoms with Gasteiger partial charge in [-0.3, -0.25) is 9.59 Å². The third-order valence-electron chi connectivity index (χ3n) is 3.00. The first-order chi connectivity index (χ1) is 8.95. The molecule has 0 saturated carbocycles. The molecular weight excluding hydrogens is 312 g/mol. The minimum atomic E-state index is -0.940. The number of rotatable bonds is 4. The van der Waals surface area contributed by atoms with E-state index in [-0.39, 0.29) is 12.3 Å². The molecule has 2 aromatic rings. The Morgan fingerprint density at radius 2 is 2.16 bits per heavy atom. The second kappa shape index (κ2) is 5.13. The second-order valence-electron chi connectivity index (χ2n) is 4.24. The summed E-state index contributed by atoms with van der Waals surface area (Å²) >= 11 is 3.27. The predicted molar refractivity (Wildman–Crippen MR) is 74.5 cm³/mol. The molecule has 0 bridgehead atoms. The Labute approximate surface area is 118 Å². The first-order valence-electron chi connectivity index (χ1n) is 5.85. The van der Waals surface area contributed by atoms with Gasteiger partial charge in [-0.1, -0.05) is 6.92 Å². The van der Waals surface area contributed by atoms with Crippen molar-refractivity contribution in [3.63, 3.8) is 0 Å². The van der Waals surface area contributed by atoms with Gasteiger partial charge in [0.15, 0.2) is 5.78 Å². The van der Waals surface area contributed by atoms with Crippen LogP contribution in [0.3, 0.4) is 0 Å². The third kappa shape index (κ3) is 2.40. The maximum absolute atomic E-state index is 11.9. The smallest absolute Gasteiger partial charge is 0.323 e. The number of hydrogen-bond acceptors (Lipinski definition) is 3. The fraction of sp³-hybridized carbons (Fsp3) is 0.308. The molecule has 5 nitrogen and oxygen atoms in total. The number of carboxylic acid groups (broad SMARTS) is 1. The minimum Gasteiger partial charge on any atom is -0.480 e. The van der Waals surface area contributed by atoms with Crippen LogP contribution < -0.4 is 0 Å².